The molecule has 1 aliphatic rings. The molecular weight excluding hydrogens is 356 g/mol. The number of benzene rings is 2. The fraction of sp³-hybridized carbons (Fsp3) is 0.286. The molecule has 0 spiro atoms. The summed E-state index contributed by atoms with van der Waals surface area (Å²) in [5, 5.41) is 12.3. The molecule has 2 aromatic carbocycles. The van der Waals surface area contributed by atoms with E-state index in [1.54, 1.807) is 18.2 Å². The molecule has 0 bridgehead atoms. The third kappa shape index (κ3) is 4.07. The van der Waals surface area contributed by atoms with Gasteiger partial charge in [-0.05, 0) is 44.2 Å². The second kappa shape index (κ2) is 7.61. The molecule has 0 radical (unpaired) electrons. The van der Waals surface area contributed by atoms with Crippen LogP contribution in [0.2, 0.25) is 0 Å². The van der Waals surface area contributed by atoms with Crippen LogP contribution in [0.3, 0.4) is 0 Å². The Morgan fingerprint density at radius 3 is 2.64 bits per heavy atom. The third-order valence-electron chi connectivity index (χ3n) is 4.42. The fourth-order valence-corrected chi connectivity index (χ4v) is 3.20. The Kier molecular flexibility index (Phi) is 5.23. The molecule has 0 saturated heterocycles. The standard InChI is InChI=1S/C21H22N4O3/c1-13(26)27-19-18(25-20(23)24-15-7-5-4-6-8-15)16-11-14(12-22)9-10-17(16)28-21(19,2)3/h4-11,18-19H,1-3H3,(H3,23,24,25)/t18-,19+/m1/s1. The molecule has 0 fully saturated rings. The Morgan fingerprint density at radius 1 is 1.29 bits per heavy atom. The van der Waals surface area contributed by atoms with Crippen LogP contribution in [0.25, 0.3) is 0 Å². The Balaban J connectivity index is 2.05. The van der Waals surface area contributed by atoms with E-state index >= 15 is 0 Å². The molecule has 2 atom stereocenters. The van der Waals surface area contributed by atoms with Gasteiger partial charge in [-0.15, -0.1) is 0 Å². The Hall–Kier alpha value is -3.53. The van der Waals surface area contributed by atoms with E-state index in [1.807, 2.05) is 44.2 Å². The van der Waals surface area contributed by atoms with Crippen LogP contribution in [0, 0.1) is 11.3 Å². The average molecular weight is 378 g/mol. The molecule has 3 N–H and O–H groups in total. The van der Waals surface area contributed by atoms with Gasteiger partial charge >= 0.3 is 5.97 Å². The number of para-hydroxylation sites is 1. The number of hydrogen-bond acceptors (Lipinski definition) is 5. The number of ether oxygens (including phenoxy) is 2. The summed E-state index contributed by atoms with van der Waals surface area (Å²) >= 11 is 0. The number of nitrogens with one attached hydrogen (secondary N) is 1. The van der Waals surface area contributed by atoms with E-state index in [2.05, 4.69) is 16.4 Å². The molecule has 0 saturated carbocycles. The molecule has 2 aromatic rings. The SMILES string of the molecule is CC(=O)O[C@H]1[C@H](N=C(N)Nc2ccccc2)c2cc(C#N)ccc2OC1(C)C. The highest BCUT2D eigenvalue weighted by Gasteiger charge is 2.46. The average Bonchev–Trinajstić information content (AvgIpc) is 2.64. The maximum atomic E-state index is 11.7. The zero-order valence-corrected chi connectivity index (χ0v) is 16.0. The number of guanidine groups is 1. The van der Waals surface area contributed by atoms with Gasteiger partial charge in [0, 0.05) is 18.2 Å². The lowest BCUT2D eigenvalue weighted by molar-refractivity contribution is -0.161. The molecule has 0 aromatic heterocycles. The molecule has 1 heterocycles. The number of fused-ring (bicyclic) bond motifs is 1. The van der Waals surface area contributed by atoms with E-state index in [9.17, 15) is 10.1 Å². The Labute approximate surface area is 163 Å². The van der Waals surface area contributed by atoms with Crippen LogP contribution in [0.1, 0.15) is 37.9 Å². The van der Waals surface area contributed by atoms with Gasteiger partial charge in [0.1, 0.15) is 17.4 Å². The number of nitriles is 1. The number of carbonyl (C=O) groups is 1. The minimum absolute atomic E-state index is 0.166. The van der Waals surface area contributed by atoms with Gasteiger partial charge in [0.25, 0.3) is 0 Å². The predicted octanol–water partition coefficient (Wildman–Crippen LogP) is 3.13. The number of rotatable bonds is 3. The van der Waals surface area contributed by atoms with Crippen molar-refractivity contribution < 1.29 is 14.3 Å². The molecule has 28 heavy (non-hydrogen) atoms. The number of nitrogens with two attached hydrogens (primary N) is 1. The van der Waals surface area contributed by atoms with E-state index in [4.69, 9.17) is 15.2 Å². The summed E-state index contributed by atoms with van der Waals surface area (Å²) in [6.45, 7) is 4.99. The maximum absolute atomic E-state index is 11.7. The highest BCUT2D eigenvalue weighted by Crippen LogP contribution is 2.43. The summed E-state index contributed by atoms with van der Waals surface area (Å²) in [6.07, 6.45) is -0.720. The molecular formula is C21H22N4O3. The molecule has 0 unspecified atom stereocenters. The van der Waals surface area contributed by atoms with Crippen LogP contribution >= 0.6 is 0 Å². The van der Waals surface area contributed by atoms with Crippen LogP contribution < -0.4 is 15.8 Å². The van der Waals surface area contributed by atoms with E-state index in [0.717, 1.165) is 5.69 Å². The summed E-state index contributed by atoms with van der Waals surface area (Å²) in [6, 6.07) is 15.9. The minimum atomic E-state index is -0.839. The second-order valence-electron chi connectivity index (χ2n) is 7.05. The van der Waals surface area contributed by atoms with Gasteiger partial charge < -0.3 is 20.5 Å². The van der Waals surface area contributed by atoms with Crippen LogP contribution in [-0.2, 0) is 9.53 Å². The van der Waals surface area contributed by atoms with Crippen molar-refractivity contribution in [3.05, 3.63) is 59.7 Å². The van der Waals surface area contributed by atoms with E-state index < -0.39 is 23.7 Å². The Morgan fingerprint density at radius 2 is 2.00 bits per heavy atom. The summed E-state index contributed by atoms with van der Waals surface area (Å²) < 4.78 is 11.6. The molecule has 3 rings (SSSR count). The van der Waals surface area contributed by atoms with Crippen molar-refractivity contribution in [2.45, 2.75) is 38.5 Å². The van der Waals surface area contributed by atoms with Gasteiger partial charge in [-0.25, -0.2) is 4.99 Å². The summed E-state index contributed by atoms with van der Waals surface area (Å²) in [5.41, 5.74) is 7.18. The molecule has 144 valence electrons. The van der Waals surface area contributed by atoms with Gasteiger partial charge in [0.15, 0.2) is 12.1 Å². The first-order valence-electron chi connectivity index (χ1n) is 8.86. The zero-order chi connectivity index (χ0) is 20.3. The van der Waals surface area contributed by atoms with Crippen molar-refractivity contribution in [2.24, 2.45) is 10.7 Å². The van der Waals surface area contributed by atoms with Gasteiger partial charge in [-0.1, -0.05) is 18.2 Å². The van der Waals surface area contributed by atoms with Gasteiger partial charge in [0.2, 0.25) is 0 Å². The Bertz CT molecular complexity index is 948. The largest absolute Gasteiger partial charge is 0.484 e. The molecule has 0 amide bonds. The normalized spacial score (nSPS) is 20.3. The summed E-state index contributed by atoms with van der Waals surface area (Å²) in [4.78, 5) is 16.3. The molecule has 1 aliphatic heterocycles. The maximum Gasteiger partial charge on any atom is 0.303 e. The first-order valence-corrected chi connectivity index (χ1v) is 8.86. The lowest BCUT2D eigenvalue weighted by Crippen LogP contribution is -2.51. The van der Waals surface area contributed by atoms with Crippen molar-refractivity contribution in [1.82, 2.24) is 0 Å². The van der Waals surface area contributed by atoms with Crippen LogP contribution in [0.5, 0.6) is 5.75 Å². The number of nitrogens with zero attached hydrogens (tertiary/aromatic N) is 2. The molecule has 7 heteroatoms. The molecule has 7 nitrogen and oxygen atoms in total. The van der Waals surface area contributed by atoms with Crippen molar-refractivity contribution in [1.29, 1.82) is 5.26 Å². The second-order valence-corrected chi connectivity index (χ2v) is 7.05. The first-order chi connectivity index (χ1) is 13.3. The lowest BCUT2D eigenvalue weighted by atomic mass is 9.86. The topological polar surface area (TPSA) is 110 Å². The summed E-state index contributed by atoms with van der Waals surface area (Å²) in [7, 11) is 0. The quantitative estimate of drug-likeness (QED) is 0.482. The summed E-state index contributed by atoms with van der Waals surface area (Å²) in [5.74, 6) is 0.296. The van der Waals surface area contributed by atoms with E-state index in [0.29, 0.717) is 16.9 Å². The van der Waals surface area contributed by atoms with Crippen molar-refractivity contribution >= 4 is 17.6 Å². The van der Waals surface area contributed by atoms with Crippen LogP contribution in [0.4, 0.5) is 5.69 Å². The fourth-order valence-electron chi connectivity index (χ4n) is 3.20. The van der Waals surface area contributed by atoms with Crippen molar-refractivity contribution in [3.8, 4) is 11.8 Å². The highest BCUT2D eigenvalue weighted by atomic mass is 16.6. The number of aliphatic imine (C=N–C) groups is 1. The van der Waals surface area contributed by atoms with Crippen LogP contribution in [0.15, 0.2) is 53.5 Å². The van der Waals surface area contributed by atoms with Crippen LogP contribution in [-0.4, -0.2) is 23.6 Å². The number of anilines is 1. The molecule has 0 aliphatic carbocycles. The third-order valence-corrected chi connectivity index (χ3v) is 4.42. The van der Waals surface area contributed by atoms with Crippen molar-refractivity contribution in [3.63, 3.8) is 0 Å². The van der Waals surface area contributed by atoms with Gasteiger partial charge in [-0.3, -0.25) is 4.79 Å². The first kappa shape index (κ1) is 19.2. The number of hydrogen-bond donors (Lipinski definition) is 2. The van der Waals surface area contributed by atoms with Crippen molar-refractivity contribution in [2.75, 3.05) is 5.32 Å². The van der Waals surface area contributed by atoms with E-state index in [1.165, 1.54) is 6.92 Å². The van der Waals surface area contributed by atoms with E-state index in [-0.39, 0.29) is 5.96 Å². The predicted molar refractivity (Wildman–Crippen MR) is 106 cm³/mol. The van der Waals surface area contributed by atoms with Gasteiger partial charge in [0.05, 0.1) is 11.6 Å². The zero-order valence-electron chi connectivity index (χ0n) is 16.0. The lowest BCUT2D eigenvalue weighted by Gasteiger charge is -2.42. The number of esters is 1. The number of carbonyl (C=O) groups excluding carboxylic acids is 1. The van der Waals surface area contributed by atoms with Gasteiger partial charge in [-0.2, -0.15) is 5.26 Å². The smallest absolute Gasteiger partial charge is 0.303 e. The highest BCUT2D eigenvalue weighted by molar-refractivity contribution is 5.92. The minimum Gasteiger partial charge on any atom is -0.484 e. The monoisotopic (exact) mass is 378 g/mol.